The molecule has 0 amide bonds. The Morgan fingerprint density at radius 2 is 1.67 bits per heavy atom. The molecule has 1 N–H and O–H groups in total. The van der Waals surface area contributed by atoms with Crippen LogP contribution in [0.2, 0.25) is 0 Å². The lowest BCUT2D eigenvalue weighted by Crippen LogP contribution is -2.52. The SMILES string of the molecule is CC(C)(C)NC(CSCC1CCCCC1)C(=O)C(C)(C)C. The summed E-state index contributed by atoms with van der Waals surface area (Å²) in [5.41, 5.74) is -0.286. The van der Waals surface area contributed by atoms with Gasteiger partial charge < -0.3 is 5.32 Å². The van der Waals surface area contributed by atoms with Gasteiger partial charge in [-0.2, -0.15) is 11.8 Å². The summed E-state index contributed by atoms with van der Waals surface area (Å²) >= 11 is 1.97. The van der Waals surface area contributed by atoms with Crippen molar-refractivity contribution in [1.29, 1.82) is 0 Å². The maximum atomic E-state index is 12.6. The number of hydrogen-bond acceptors (Lipinski definition) is 3. The molecule has 0 radical (unpaired) electrons. The van der Waals surface area contributed by atoms with Crippen molar-refractivity contribution in [2.75, 3.05) is 11.5 Å². The zero-order valence-corrected chi connectivity index (χ0v) is 15.7. The van der Waals surface area contributed by atoms with E-state index in [1.807, 2.05) is 32.5 Å². The molecule has 0 spiro atoms. The first kappa shape index (κ1) is 19.0. The highest BCUT2D eigenvalue weighted by atomic mass is 32.2. The number of hydrogen-bond donors (Lipinski definition) is 1. The zero-order chi connectivity index (χ0) is 16.1. The van der Waals surface area contributed by atoms with E-state index in [1.165, 1.54) is 37.9 Å². The Labute approximate surface area is 136 Å². The molecule has 1 aliphatic rings. The second-order valence-electron chi connectivity index (χ2n) is 8.60. The number of ketones is 1. The fourth-order valence-corrected chi connectivity index (χ4v) is 4.21. The van der Waals surface area contributed by atoms with Crippen molar-refractivity contribution in [3.8, 4) is 0 Å². The summed E-state index contributed by atoms with van der Waals surface area (Å²) in [6.07, 6.45) is 6.98. The lowest BCUT2D eigenvalue weighted by Gasteiger charge is -2.32. The molecule has 0 aromatic carbocycles. The van der Waals surface area contributed by atoms with Crippen molar-refractivity contribution in [2.24, 2.45) is 11.3 Å². The van der Waals surface area contributed by atoms with Crippen LogP contribution in [0.1, 0.15) is 73.6 Å². The molecule has 3 heteroatoms. The van der Waals surface area contributed by atoms with Gasteiger partial charge in [0.2, 0.25) is 0 Å². The number of rotatable bonds is 6. The number of carbonyl (C=O) groups excluding carboxylic acids is 1. The normalized spacial score (nSPS) is 19.5. The number of nitrogens with one attached hydrogen (secondary N) is 1. The third kappa shape index (κ3) is 7.69. The minimum Gasteiger partial charge on any atom is -0.302 e. The van der Waals surface area contributed by atoms with Gasteiger partial charge >= 0.3 is 0 Å². The third-order valence-electron chi connectivity index (χ3n) is 4.03. The number of carbonyl (C=O) groups is 1. The van der Waals surface area contributed by atoms with Crippen LogP contribution in [0.5, 0.6) is 0 Å². The smallest absolute Gasteiger partial charge is 0.155 e. The van der Waals surface area contributed by atoms with Gasteiger partial charge in [0.05, 0.1) is 6.04 Å². The molecule has 0 aromatic rings. The zero-order valence-electron chi connectivity index (χ0n) is 14.9. The predicted molar refractivity (Wildman–Crippen MR) is 95.0 cm³/mol. The van der Waals surface area contributed by atoms with E-state index in [2.05, 4.69) is 26.1 Å². The van der Waals surface area contributed by atoms with Crippen molar-refractivity contribution in [3.05, 3.63) is 0 Å². The largest absolute Gasteiger partial charge is 0.302 e. The van der Waals surface area contributed by atoms with Gasteiger partial charge in [0, 0.05) is 16.7 Å². The Morgan fingerprint density at radius 1 is 1.10 bits per heavy atom. The van der Waals surface area contributed by atoms with E-state index in [0.29, 0.717) is 5.78 Å². The van der Waals surface area contributed by atoms with Crippen LogP contribution >= 0.6 is 11.8 Å². The molecule has 2 nitrogen and oxygen atoms in total. The summed E-state index contributed by atoms with van der Waals surface area (Å²) in [6, 6.07) is -0.0291. The Bertz CT molecular complexity index is 321. The van der Waals surface area contributed by atoms with Crippen LogP contribution in [0.15, 0.2) is 0 Å². The molecular weight excluding hydrogens is 278 g/mol. The molecular formula is C18H35NOS. The highest BCUT2D eigenvalue weighted by Crippen LogP contribution is 2.28. The monoisotopic (exact) mass is 313 g/mol. The summed E-state index contributed by atoms with van der Waals surface area (Å²) in [5, 5.41) is 3.53. The Hall–Kier alpha value is -0.0200. The fraction of sp³-hybridized carbons (Fsp3) is 0.944. The van der Waals surface area contributed by atoms with Crippen LogP contribution < -0.4 is 5.32 Å². The van der Waals surface area contributed by atoms with Gasteiger partial charge in [0.1, 0.15) is 0 Å². The third-order valence-corrected chi connectivity index (χ3v) is 5.30. The molecule has 1 aliphatic carbocycles. The van der Waals surface area contributed by atoms with E-state index in [1.54, 1.807) is 0 Å². The summed E-state index contributed by atoms with van der Waals surface area (Å²) in [5.74, 6) is 3.35. The van der Waals surface area contributed by atoms with Gasteiger partial charge in [-0.05, 0) is 45.3 Å². The molecule has 0 bridgehead atoms. The van der Waals surface area contributed by atoms with E-state index in [0.717, 1.165) is 11.7 Å². The first-order valence-electron chi connectivity index (χ1n) is 8.49. The molecule has 1 atom stereocenters. The van der Waals surface area contributed by atoms with Crippen molar-refractivity contribution < 1.29 is 4.79 Å². The van der Waals surface area contributed by atoms with Crippen LogP contribution in [-0.2, 0) is 4.79 Å². The highest BCUT2D eigenvalue weighted by Gasteiger charge is 2.32. The summed E-state index contributed by atoms with van der Waals surface area (Å²) < 4.78 is 0. The van der Waals surface area contributed by atoms with Crippen LogP contribution in [0, 0.1) is 11.3 Å². The minimum absolute atomic E-state index is 0.0169. The number of Topliss-reactive ketones (excluding diaryl/α,β-unsaturated/α-hetero) is 1. The lowest BCUT2D eigenvalue weighted by molar-refractivity contribution is -0.128. The summed E-state index contributed by atoms with van der Waals surface area (Å²) in [6.45, 7) is 12.5. The topological polar surface area (TPSA) is 29.1 Å². The second kappa shape index (κ2) is 8.01. The quantitative estimate of drug-likeness (QED) is 0.772. The van der Waals surface area contributed by atoms with Gasteiger partial charge in [-0.25, -0.2) is 0 Å². The van der Waals surface area contributed by atoms with E-state index in [4.69, 9.17) is 0 Å². The molecule has 21 heavy (non-hydrogen) atoms. The van der Waals surface area contributed by atoms with Gasteiger partial charge in [-0.15, -0.1) is 0 Å². The highest BCUT2D eigenvalue weighted by molar-refractivity contribution is 7.99. The molecule has 1 unspecified atom stereocenters. The minimum atomic E-state index is -0.270. The lowest BCUT2D eigenvalue weighted by atomic mass is 9.86. The van der Waals surface area contributed by atoms with Crippen LogP contribution in [0.25, 0.3) is 0 Å². The number of thioether (sulfide) groups is 1. The average Bonchev–Trinajstić information content (AvgIpc) is 2.35. The average molecular weight is 314 g/mol. The van der Waals surface area contributed by atoms with Gasteiger partial charge in [-0.3, -0.25) is 4.79 Å². The van der Waals surface area contributed by atoms with Gasteiger partial charge in [-0.1, -0.05) is 40.0 Å². The molecule has 1 rings (SSSR count). The predicted octanol–water partition coefficient (Wildman–Crippen LogP) is 4.67. The first-order valence-corrected chi connectivity index (χ1v) is 9.65. The standard InChI is InChI=1S/C18H35NOS/c1-17(2,3)16(20)15(19-18(4,5)6)13-21-12-14-10-8-7-9-11-14/h14-15,19H,7-13H2,1-6H3. The molecule has 0 saturated heterocycles. The second-order valence-corrected chi connectivity index (χ2v) is 9.68. The van der Waals surface area contributed by atoms with Crippen molar-refractivity contribution in [1.82, 2.24) is 5.32 Å². The Morgan fingerprint density at radius 3 is 2.14 bits per heavy atom. The van der Waals surface area contributed by atoms with Crippen molar-refractivity contribution in [2.45, 2.75) is 85.2 Å². The van der Waals surface area contributed by atoms with Crippen LogP contribution in [0.4, 0.5) is 0 Å². The van der Waals surface area contributed by atoms with Crippen molar-refractivity contribution >= 4 is 17.5 Å². The van der Waals surface area contributed by atoms with Crippen molar-refractivity contribution in [3.63, 3.8) is 0 Å². The fourth-order valence-electron chi connectivity index (χ4n) is 2.93. The summed E-state index contributed by atoms with van der Waals surface area (Å²) in [7, 11) is 0. The van der Waals surface area contributed by atoms with E-state index in [9.17, 15) is 4.79 Å². The molecule has 0 aliphatic heterocycles. The van der Waals surface area contributed by atoms with Crippen LogP contribution in [0.3, 0.4) is 0 Å². The molecule has 0 heterocycles. The van der Waals surface area contributed by atoms with E-state index < -0.39 is 0 Å². The van der Waals surface area contributed by atoms with E-state index >= 15 is 0 Å². The van der Waals surface area contributed by atoms with E-state index in [-0.39, 0.29) is 17.0 Å². The molecule has 1 fully saturated rings. The molecule has 1 saturated carbocycles. The maximum absolute atomic E-state index is 12.6. The summed E-state index contributed by atoms with van der Waals surface area (Å²) in [4.78, 5) is 12.6. The maximum Gasteiger partial charge on any atom is 0.155 e. The Kier molecular flexibility index (Phi) is 7.26. The van der Waals surface area contributed by atoms with Gasteiger partial charge in [0.15, 0.2) is 5.78 Å². The first-order chi connectivity index (χ1) is 9.59. The molecule has 0 aromatic heterocycles. The Balaban J connectivity index is 2.50. The molecule has 124 valence electrons. The van der Waals surface area contributed by atoms with Gasteiger partial charge in [0.25, 0.3) is 0 Å². The van der Waals surface area contributed by atoms with Crippen LogP contribution in [-0.4, -0.2) is 28.9 Å².